The van der Waals surface area contributed by atoms with Gasteiger partial charge < -0.3 is 14.2 Å². The number of carbonyl (C=O) groups excluding carboxylic acids is 2. The van der Waals surface area contributed by atoms with Crippen LogP contribution in [0.3, 0.4) is 0 Å². The zero-order chi connectivity index (χ0) is 26.2. The van der Waals surface area contributed by atoms with Crippen LogP contribution in [0.2, 0.25) is 0 Å². The minimum Gasteiger partial charge on any atom is -0.490 e. The van der Waals surface area contributed by atoms with Gasteiger partial charge in [0.1, 0.15) is 18.1 Å². The molecule has 5 nitrogen and oxygen atoms in total. The average molecular weight is 509 g/mol. The number of carbonyl (C=O) groups is 2. The Balaban J connectivity index is 1.38. The fraction of sp³-hybridized carbons (Fsp3) is 0.333. The van der Waals surface area contributed by atoms with Gasteiger partial charge in [-0.2, -0.15) is 0 Å². The summed E-state index contributed by atoms with van der Waals surface area (Å²) in [5.74, 6) is 2.47. The molecule has 194 valence electrons. The van der Waals surface area contributed by atoms with Gasteiger partial charge in [0.05, 0.1) is 6.61 Å². The van der Waals surface area contributed by atoms with Crippen LogP contribution >= 0.6 is 0 Å². The van der Waals surface area contributed by atoms with Crippen LogP contribution < -0.4 is 9.47 Å². The molecular weight excluding hydrogens is 476 g/mol. The molecule has 0 aromatic heterocycles. The van der Waals surface area contributed by atoms with Crippen molar-refractivity contribution in [2.45, 2.75) is 64.9 Å². The summed E-state index contributed by atoms with van der Waals surface area (Å²) >= 11 is 0. The topological polar surface area (TPSA) is 61.8 Å². The number of aryl methyl sites for hydroxylation is 1. The zero-order valence-corrected chi connectivity index (χ0v) is 22.0. The van der Waals surface area contributed by atoms with Crippen molar-refractivity contribution in [1.29, 1.82) is 0 Å². The Morgan fingerprint density at radius 2 is 1.53 bits per heavy atom. The Bertz CT molecular complexity index is 1470. The van der Waals surface area contributed by atoms with Crippen LogP contribution in [0.1, 0.15) is 68.1 Å². The van der Waals surface area contributed by atoms with Crippen molar-refractivity contribution in [2.24, 2.45) is 0 Å². The highest BCUT2D eigenvalue weighted by molar-refractivity contribution is 6.05. The lowest BCUT2D eigenvalue weighted by molar-refractivity contribution is -0.117. The summed E-state index contributed by atoms with van der Waals surface area (Å²) in [6, 6.07) is 18.4. The smallest absolute Gasteiger partial charge is 0.163 e. The van der Waals surface area contributed by atoms with E-state index < -0.39 is 5.92 Å². The molecule has 1 heterocycles. The molecule has 3 aromatic carbocycles. The van der Waals surface area contributed by atoms with Crippen molar-refractivity contribution < 1.29 is 23.8 Å². The van der Waals surface area contributed by atoms with E-state index in [-0.39, 0.29) is 11.6 Å². The molecule has 38 heavy (non-hydrogen) atoms. The molecule has 1 aliphatic heterocycles. The van der Waals surface area contributed by atoms with Crippen LogP contribution in [0, 0.1) is 6.92 Å². The largest absolute Gasteiger partial charge is 0.490 e. The van der Waals surface area contributed by atoms with Crippen molar-refractivity contribution in [3.05, 3.63) is 94.0 Å². The number of hydrogen-bond donors (Lipinski definition) is 0. The van der Waals surface area contributed by atoms with Crippen LogP contribution in [0.4, 0.5) is 0 Å². The maximum atomic E-state index is 13.1. The first-order valence-corrected chi connectivity index (χ1v) is 13.6. The van der Waals surface area contributed by atoms with Crippen LogP contribution in [0.15, 0.2) is 77.3 Å². The normalized spacial score (nSPS) is 17.8. The molecule has 0 fully saturated rings. The second-order valence-corrected chi connectivity index (χ2v) is 10.3. The van der Waals surface area contributed by atoms with Crippen LogP contribution in [0.5, 0.6) is 11.5 Å². The van der Waals surface area contributed by atoms with E-state index in [1.165, 1.54) is 16.3 Å². The predicted octanol–water partition coefficient (Wildman–Crippen LogP) is 7.25. The fourth-order valence-electron chi connectivity index (χ4n) is 6.03. The molecule has 6 rings (SSSR count). The summed E-state index contributed by atoms with van der Waals surface area (Å²) in [7, 11) is 0. The number of allylic oxidation sites excluding steroid dienone is 4. The molecule has 5 heteroatoms. The summed E-state index contributed by atoms with van der Waals surface area (Å²) in [5.41, 5.74) is 4.48. The van der Waals surface area contributed by atoms with Crippen LogP contribution in [-0.2, 0) is 20.9 Å². The molecule has 0 bridgehead atoms. The molecule has 3 aromatic rings. The molecule has 0 saturated heterocycles. The molecule has 0 saturated carbocycles. The molecule has 0 atom stereocenters. The summed E-state index contributed by atoms with van der Waals surface area (Å²) in [4.78, 5) is 26.3. The van der Waals surface area contributed by atoms with Gasteiger partial charge in [-0.25, -0.2) is 0 Å². The van der Waals surface area contributed by atoms with Gasteiger partial charge in [-0.15, -0.1) is 0 Å². The maximum absolute atomic E-state index is 13.1. The van der Waals surface area contributed by atoms with Gasteiger partial charge in [-0.3, -0.25) is 9.59 Å². The quantitative estimate of drug-likeness (QED) is 0.351. The number of Topliss-reactive ketones (excluding diaryl/α,β-unsaturated/α-hetero) is 2. The average Bonchev–Trinajstić information content (AvgIpc) is 2.92. The lowest BCUT2D eigenvalue weighted by atomic mass is 9.73. The van der Waals surface area contributed by atoms with E-state index in [1.807, 2.05) is 37.3 Å². The van der Waals surface area contributed by atoms with Gasteiger partial charge in [0.15, 0.2) is 23.1 Å². The van der Waals surface area contributed by atoms with Gasteiger partial charge in [0.25, 0.3) is 0 Å². The number of ketones is 2. The highest BCUT2D eigenvalue weighted by atomic mass is 16.5. The Hall–Kier alpha value is -3.86. The lowest BCUT2D eigenvalue weighted by Crippen LogP contribution is -2.30. The Labute approximate surface area is 223 Å². The number of benzene rings is 3. The van der Waals surface area contributed by atoms with E-state index in [0.29, 0.717) is 48.7 Å². The van der Waals surface area contributed by atoms with Crippen molar-refractivity contribution in [3.63, 3.8) is 0 Å². The van der Waals surface area contributed by atoms with Gasteiger partial charge in [-0.05, 0) is 60.7 Å². The summed E-state index contributed by atoms with van der Waals surface area (Å²) in [5, 5.41) is 2.36. The van der Waals surface area contributed by atoms with Crippen molar-refractivity contribution in [2.75, 3.05) is 6.61 Å². The molecule has 0 radical (unpaired) electrons. The second kappa shape index (κ2) is 10.1. The first-order chi connectivity index (χ1) is 18.5. The maximum Gasteiger partial charge on any atom is 0.163 e. The third kappa shape index (κ3) is 4.30. The van der Waals surface area contributed by atoms with E-state index in [9.17, 15) is 9.59 Å². The van der Waals surface area contributed by atoms with E-state index in [4.69, 9.17) is 14.2 Å². The second-order valence-electron chi connectivity index (χ2n) is 10.3. The molecule has 2 aliphatic carbocycles. The summed E-state index contributed by atoms with van der Waals surface area (Å²) < 4.78 is 18.6. The summed E-state index contributed by atoms with van der Waals surface area (Å²) in [6.45, 7) is 4.92. The zero-order valence-electron chi connectivity index (χ0n) is 22.0. The monoisotopic (exact) mass is 508 g/mol. The highest BCUT2D eigenvalue weighted by Gasteiger charge is 2.42. The van der Waals surface area contributed by atoms with E-state index >= 15 is 0 Å². The predicted molar refractivity (Wildman–Crippen MR) is 146 cm³/mol. The van der Waals surface area contributed by atoms with Gasteiger partial charge in [0, 0.05) is 48.3 Å². The first kappa shape index (κ1) is 24.5. The molecule has 0 N–H and O–H groups in total. The molecule has 0 amide bonds. The molecule has 0 unspecified atom stereocenters. The number of ether oxygens (including phenoxy) is 3. The number of hydrogen-bond acceptors (Lipinski definition) is 5. The van der Waals surface area contributed by atoms with Gasteiger partial charge >= 0.3 is 0 Å². The molecular formula is C33H32O5. The standard InChI is InChI=1S/C33H32O5/c1-3-36-30-18-22(16-17-27(30)37-19-24-20(2)14-15-21-8-4-5-9-23(21)24)31-32-25(34)10-6-12-28(32)38-29-13-7-11-26(35)33(29)31/h4-5,8-9,14-18,31H,3,6-7,10-13,19H2,1-2H3. The van der Waals surface area contributed by atoms with Gasteiger partial charge in [-0.1, -0.05) is 42.5 Å². The molecule has 0 spiro atoms. The van der Waals surface area contributed by atoms with E-state index in [2.05, 4.69) is 31.2 Å². The van der Waals surface area contributed by atoms with E-state index in [0.717, 1.165) is 48.3 Å². The third-order valence-electron chi connectivity index (χ3n) is 7.89. The first-order valence-electron chi connectivity index (χ1n) is 13.6. The van der Waals surface area contributed by atoms with Crippen molar-refractivity contribution in [3.8, 4) is 11.5 Å². The number of rotatable bonds is 6. The summed E-state index contributed by atoms with van der Waals surface area (Å²) in [6.07, 6.45) is 3.99. The highest BCUT2D eigenvalue weighted by Crippen LogP contribution is 2.49. The number of fused-ring (bicyclic) bond motifs is 1. The van der Waals surface area contributed by atoms with Gasteiger partial charge in [0.2, 0.25) is 0 Å². The molecule has 3 aliphatic rings. The van der Waals surface area contributed by atoms with E-state index in [1.54, 1.807) is 0 Å². The van der Waals surface area contributed by atoms with Crippen molar-refractivity contribution in [1.82, 2.24) is 0 Å². The van der Waals surface area contributed by atoms with Crippen molar-refractivity contribution >= 4 is 22.3 Å². The fourth-order valence-corrected chi connectivity index (χ4v) is 6.03. The van der Waals surface area contributed by atoms with Crippen LogP contribution in [0.25, 0.3) is 10.8 Å². The minimum atomic E-state index is -0.414. The third-order valence-corrected chi connectivity index (χ3v) is 7.89. The minimum absolute atomic E-state index is 0.0749. The Morgan fingerprint density at radius 1 is 0.816 bits per heavy atom. The lowest BCUT2D eigenvalue weighted by Gasteiger charge is -2.36. The Morgan fingerprint density at radius 3 is 2.24 bits per heavy atom. The van der Waals surface area contributed by atoms with Crippen LogP contribution in [-0.4, -0.2) is 18.2 Å². The SMILES string of the molecule is CCOc1cc(C2C3=C(CCCC3=O)OC3=C2C(=O)CCC3)ccc1OCc1c(C)ccc2ccccc12. The Kier molecular flexibility index (Phi) is 6.52.